The van der Waals surface area contributed by atoms with E-state index in [0.717, 1.165) is 44.9 Å². The normalized spacial score (nSPS) is 26.9. The van der Waals surface area contributed by atoms with Crippen LogP contribution in [0, 0.1) is 0 Å². The van der Waals surface area contributed by atoms with Crippen LogP contribution >= 0.6 is 0 Å². The van der Waals surface area contributed by atoms with E-state index < -0.39 is 49.5 Å². The number of carbonyl (C=O) groups excluding carboxylic acids is 1. The lowest BCUT2D eigenvalue weighted by Gasteiger charge is -2.40. The molecule has 7 atom stereocenters. The van der Waals surface area contributed by atoms with Crippen molar-refractivity contribution >= 4 is 5.91 Å². The molecule has 0 aliphatic carbocycles. The fourth-order valence-corrected chi connectivity index (χ4v) is 4.16. The van der Waals surface area contributed by atoms with E-state index in [1.807, 2.05) is 0 Å². The van der Waals surface area contributed by atoms with Crippen molar-refractivity contribution in [2.24, 2.45) is 0 Å². The number of aliphatic hydroxyl groups excluding tert-OH is 5. The van der Waals surface area contributed by atoms with E-state index in [9.17, 15) is 30.3 Å². The molecule has 0 aromatic carbocycles. The number of nitrogens with one attached hydrogen (secondary N) is 1. The third kappa shape index (κ3) is 11.7. The summed E-state index contributed by atoms with van der Waals surface area (Å²) >= 11 is 0. The number of aliphatic hydroxyl groups is 5. The van der Waals surface area contributed by atoms with E-state index in [2.05, 4.69) is 19.2 Å². The highest BCUT2D eigenvalue weighted by atomic mass is 16.7. The molecular weight excluding hydrogens is 442 g/mol. The molecule has 1 rings (SSSR count). The lowest BCUT2D eigenvalue weighted by molar-refractivity contribution is -0.302. The van der Waals surface area contributed by atoms with E-state index >= 15 is 0 Å². The fraction of sp³-hybridized carbons (Fsp3) is 0.960. The van der Waals surface area contributed by atoms with Gasteiger partial charge in [-0.3, -0.25) is 4.79 Å². The third-order valence-corrected chi connectivity index (χ3v) is 6.46. The Hall–Kier alpha value is -0.810. The molecule has 34 heavy (non-hydrogen) atoms. The monoisotopic (exact) mass is 491 g/mol. The molecular formula is C25H49NO8. The van der Waals surface area contributed by atoms with Crippen molar-refractivity contribution in [3.63, 3.8) is 0 Å². The average molecular weight is 492 g/mol. The summed E-state index contributed by atoms with van der Waals surface area (Å²) < 4.78 is 11.0. The maximum atomic E-state index is 12.4. The molecule has 9 heteroatoms. The van der Waals surface area contributed by atoms with Gasteiger partial charge in [-0.05, 0) is 12.8 Å². The number of unbranched alkanes of at least 4 members (excludes halogenated alkanes) is 9. The Balaban J connectivity index is 2.60. The van der Waals surface area contributed by atoms with Crippen LogP contribution in [0.2, 0.25) is 0 Å². The molecule has 1 aliphatic rings. The van der Waals surface area contributed by atoms with E-state index in [1.165, 1.54) is 25.7 Å². The first-order valence-corrected chi connectivity index (χ1v) is 13.2. The molecule has 0 spiro atoms. The van der Waals surface area contributed by atoms with Gasteiger partial charge in [-0.25, -0.2) is 0 Å². The van der Waals surface area contributed by atoms with Crippen LogP contribution in [-0.4, -0.2) is 87.5 Å². The molecule has 1 fully saturated rings. The van der Waals surface area contributed by atoms with Crippen LogP contribution in [0.1, 0.15) is 97.3 Å². The van der Waals surface area contributed by atoms with Gasteiger partial charge in [0, 0.05) is 6.42 Å². The summed E-state index contributed by atoms with van der Waals surface area (Å²) in [7, 11) is 0. The van der Waals surface area contributed by atoms with E-state index in [0.29, 0.717) is 12.8 Å². The van der Waals surface area contributed by atoms with Crippen molar-refractivity contribution in [2.75, 3.05) is 13.2 Å². The molecule has 1 saturated heterocycles. The van der Waals surface area contributed by atoms with Crippen LogP contribution < -0.4 is 5.32 Å². The minimum absolute atomic E-state index is 0.138. The number of carbonyl (C=O) groups is 1. The standard InChI is InChI=1S/C25H49NO8/c1-3-5-7-9-10-11-12-14-19(28)18(26-21(29)15-13-8-6-4-2)17-33-25-24(32)23(31)22(30)20(16-27)34-25/h18-20,22-25,27-28,30-32H,3-17H2,1-2H3,(H,26,29). The lowest BCUT2D eigenvalue weighted by atomic mass is 9.99. The van der Waals surface area contributed by atoms with Gasteiger partial charge in [0.1, 0.15) is 24.4 Å². The van der Waals surface area contributed by atoms with Gasteiger partial charge in [-0.15, -0.1) is 0 Å². The molecule has 6 N–H and O–H groups in total. The second-order valence-corrected chi connectivity index (χ2v) is 9.49. The van der Waals surface area contributed by atoms with Crippen LogP contribution in [0.3, 0.4) is 0 Å². The Morgan fingerprint density at radius 2 is 1.47 bits per heavy atom. The lowest BCUT2D eigenvalue weighted by Crippen LogP contribution is -2.60. The van der Waals surface area contributed by atoms with Crippen LogP contribution in [-0.2, 0) is 14.3 Å². The van der Waals surface area contributed by atoms with Crippen LogP contribution in [0.15, 0.2) is 0 Å². The second-order valence-electron chi connectivity index (χ2n) is 9.49. The molecule has 1 aliphatic heterocycles. The maximum Gasteiger partial charge on any atom is 0.220 e. The predicted octanol–water partition coefficient (Wildman–Crippen LogP) is 1.76. The van der Waals surface area contributed by atoms with Gasteiger partial charge in [0.2, 0.25) is 5.91 Å². The Kier molecular flexibility index (Phi) is 16.9. The number of ether oxygens (including phenoxy) is 2. The minimum atomic E-state index is -1.54. The number of rotatable bonds is 19. The van der Waals surface area contributed by atoms with E-state index in [1.54, 1.807) is 0 Å². The number of hydrogen-bond donors (Lipinski definition) is 6. The molecule has 0 saturated carbocycles. The molecule has 0 aromatic heterocycles. The third-order valence-electron chi connectivity index (χ3n) is 6.46. The summed E-state index contributed by atoms with van der Waals surface area (Å²) in [6, 6.07) is -0.703. The van der Waals surface area contributed by atoms with Crippen LogP contribution in [0.5, 0.6) is 0 Å². The van der Waals surface area contributed by atoms with Gasteiger partial charge in [-0.2, -0.15) is 0 Å². The van der Waals surface area contributed by atoms with Crippen molar-refractivity contribution in [1.82, 2.24) is 5.32 Å². The smallest absolute Gasteiger partial charge is 0.220 e. The van der Waals surface area contributed by atoms with Crippen molar-refractivity contribution in [3.8, 4) is 0 Å². The van der Waals surface area contributed by atoms with Crippen LogP contribution in [0.4, 0.5) is 0 Å². The predicted molar refractivity (Wildman–Crippen MR) is 129 cm³/mol. The molecule has 1 heterocycles. The Morgan fingerprint density at radius 1 is 0.882 bits per heavy atom. The minimum Gasteiger partial charge on any atom is -0.394 e. The SMILES string of the molecule is CCCCCCCCCC(O)C(COC1OC(CO)C(O)C(O)C1O)NC(=O)CCCCCC. The molecule has 0 aromatic rings. The van der Waals surface area contributed by atoms with Crippen molar-refractivity contribution in [2.45, 2.75) is 140 Å². The molecule has 0 radical (unpaired) electrons. The average Bonchev–Trinajstić information content (AvgIpc) is 2.83. The molecule has 0 bridgehead atoms. The van der Waals surface area contributed by atoms with Crippen molar-refractivity contribution in [1.29, 1.82) is 0 Å². The molecule has 7 unspecified atom stereocenters. The molecule has 9 nitrogen and oxygen atoms in total. The van der Waals surface area contributed by atoms with Gasteiger partial charge in [0.25, 0.3) is 0 Å². The zero-order valence-electron chi connectivity index (χ0n) is 21.1. The number of amides is 1. The van der Waals surface area contributed by atoms with Gasteiger partial charge >= 0.3 is 0 Å². The Labute approximate surface area is 204 Å². The summed E-state index contributed by atoms with van der Waals surface area (Å²) in [5.41, 5.74) is 0. The highest BCUT2D eigenvalue weighted by Gasteiger charge is 2.44. The molecule has 1 amide bonds. The van der Waals surface area contributed by atoms with Gasteiger partial charge in [-0.1, -0.05) is 78.1 Å². The quantitative estimate of drug-likeness (QED) is 0.150. The summed E-state index contributed by atoms with van der Waals surface area (Å²) in [4.78, 5) is 12.4. The summed E-state index contributed by atoms with van der Waals surface area (Å²) in [6.45, 7) is 3.60. The van der Waals surface area contributed by atoms with E-state index in [4.69, 9.17) is 9.47 Å². The van der Waals surface area contributed by atoms with Gasteiger partial charge < -0.3 is 40.3 Å². The van der Waals surface area contributed by atoms with Crippen molar-refractivity contribution in [3.05, 3.63) is 0 Å². The fourth-order valence-electron chi connectivity index (χ4n) is 4.16. The summed E-state index contributed by atoms with van der Waals surface area (Å²) in [5.74, 6) is -0.169. The van der Waals surface area contributed by atoms with E-state index in [-0.39, 0.29) is 12.5 Å². The zero-order chi connectivity index (χ0) is 25.3. The Morgan fingerprint density at radius 3 is 2.09 bits per heavy atom. The first kappa shape index (κ1) is 31.2. The topological polar surface area (TPSA) is 149 Å². The number of hydrogen-bond acceptors (Lipinski definition) is 8. The Bertz CT molecular complexity index is 521. The van der Waals surface area contributed by atoms with Crippen LogP contribution in [0.25, 0.3) is 0 Å². The molecule has 202 valence electrons. The highest BCUT2D eigenvalue weighted by molar-refractivity contribution is 5.76. The van der Waals surface area contributed by atoms with Crippen molar-refractivity contribution < 1.29 is 39.8 Å². The zero-order valence-corrected chi connectivity index (χ0v) is 21.1. The summed E-state index contributed by atoms with van der Waals surface area (Å²) in [6.07, 6.45) is 4.80. The largest absolute Gasteiger partial charge is 0.394 e. The highest BCUT2D eigenvalue weighted by Crippen LogP contribution is 2.22. The maximum absolute atomic E-state index is 12.4. The first-order chi connectivity index (χ1) is 16.3. The summed E-state index contributed by atoms with van der Waals surface area (Å²) in [5, 5.41) is 53.0. The second kappa shape index (κ2) is 18.5. The van der Waals surface area contributed by atoms with Gasteiger partial charge in [0.05, 0.1) is 25.4 Å². The van der Waals surface area contributed by atoms with Gasteiger partial charge in [0.15, 0.2) is 6.29 Å². The first-order valence-electron chi connectivity index (χ1n) is 13.2.